The highest BCUT2D eigenvalue weighted by atomic mass is 16.3. The summed E-state index contributed by atoms with van der Waals surface area (Å²) in [6.07, 6.45) is 7.94. The minimum absolute atomic E-state index is 0.00735. The number of aliphatic hydroxyl groups is 1. The summed E-state index contributed by atoms with van der Waals surface area (Å²) in [5, 5.41) is 9.73. The van der Waals surface area contributed by atoms with E-state index in [0.29, 0.717) is 5.92 Å². The lowest BCUT2D eigenvalue weighted by Gasteiger charge is -2.56. The van der Waals surface area contributed by atoms with Crippen LogP contribution in [0.2, 0.25) is 0 Å². The molecule has 2 heteroatoms. The largest absolute Gasteiger partial charge is 0.393 e. The average Bonchev–Trinajstić information content (AvgIpc) is 2.39. The van der Waals surface area contributed by atoms with Gasteiger partial charge in [0.05, 0.1) is 6.10 Å². The third-order valence-electron chi connectivity index (χ3n) is 4.64. The van der Waals surface area contributed by atoms with Gasteiger partial charge in [0.2, 0.25) is 0 Å². The third kappa shape index (κ3) is 1.40. The number of rotatable bonds is 2. The van der Waals surface area contributed by atoms with Crippen LogP contribution in [0.1, 0.15) is 38.5 Å². The van der Waals surface area contributed by atoms with Crippen LogP contribution in [0.15, 0.2) is 0 Å². The van der Waals surface area contributed by atoms with Crippen molar-refractivity contribution in [3.63, 3.8) is 0 Å². The van der Waals surface area contributed by atoms with Crippen LogP contribution >= 0.6 is 0 Å². The first-order chi connectivity index (χ1) is 6.77. The van der Waals surface area contributed by atoms with Crippen molar-refractivity contribution in [2.75, 3.05) is 19.6 Å². The maximum Gasteiger partial charge on any atom is 0.0580 e. The van der Waals surface area contributed by atoms with Gasteiger partial charge >= 0.3 is 0 Å². The minimum Gasteiger partial charge on any atom is -0.393 e. The van der Waals surface area contributed by atoms with E-state index in [0.717, 1.165) is 11.8 Å². The molecule has 2 aliphatic carbocycles. The van der Waals surface area contributed by atoms with Crippen LogP contribution in [0.25, 0.3) is 0 Å². The maximum atomic E-state index is 9.73. The molecule has 3 aliphatic rings. The number of aliphatic hydroxyl groups excluding tert-OH is 1. The lowest BCUT2D eigenvalue weighted by Crippen LogP contribution is -2.60. The molecular formula is C12H21NO. The summed E-state index contributed by atoms with van der Waals surface area (Å²) >= 11 is 0. The van der Waals surface area contributed by atoms with Crippen molar-refractivity contribution < 1.29 is 5.11 Å². The van der Waals surface area contributed by atoms with Crippen LogP contribution in [0.3, 0.4) is 0 Å². The summed E-state index contributed by atoms with van der Waals surface area (Å²) < 4.78 is 0. The zero-order valence-corrected chi connectivity index (χ0v) is 8.91. The maximum absolute atomic E-state index is 9.73. The first-order valence-electron chi connectivity index (χ1n) is 6.18. The van der Waals surface area contributed by atoms with Gasteiger partial charge in [0.25, 0.3) is 0 Å². The van der Waals surface area contributed by atoms with E-state index in [4.69, 9.17) is 0 Å². The molecular weight excluding hydrogens is 174 g/mol. The van der Waals surface area contributed by atoms with E-state index >= 15 is 0 Å². The normalized spacial score (nSPS) is 40.9. The molecule has 2 saturated carbocycles. The van der Waals surface area contributed by atoms with Crippen LogP contribution < -0.4 is 0 Å². The molecule has 0 amide bonds. The molecule has 2 unspecified atom stereocenters. The molecule has 1 spiro atoms. The average molecular weight is 195 g/mol. The van der Waals surface area contributed by atoms with Gasteiger partial charge < -0.3 is 10.0 Å². The number of hydrogen-bond acceptors (Lipinski definition) is 2. The molecule has 0 aromatic heterocycles. The number of likely N-dealkylation sites (tertiary alicyclic amines) is 1. The summed E-state index contributed by atoms with van der Waals surface area (Å²) in [5.41, 5.74) is 0.754. The van der Waals surface area contributed by atoms with Crippen LogP contribution in [0.5, 0.6) is 0 Å². The molecule has 1 N–H and O–H groups in total. The molecule has 0 bridgehead atoms. The molecule has 3 fully saturated rings. The van der Waals surface area contributed by atoms with E-state index in [9.17, 15) is 5.11 Å². The van der Waals surface area contributed by atoms with Gasteiger partial charge in [-0.1, -0.05) is 12.8 Å². The fourth-order valence-electron chi connectivity index (χ4n) is 3.59. The summed E-state index contributed by atoms with van der Waals surface area (Å²) in [6.45, 7) is 3.83. The summed E-state index contributed by atoms with van der Waals surface area (Å²) in [5.74, 6) is 0.590. The third-order valence-corrected chi connectivity index (χ3v) is 4.64. The Morgan fingerprint density at radius 3 is 2.43 bits per heavy atom. The monoisotopic (exact) mass is 195 g/mol. The standard InChI is InChI=1S/C12H21NO/c14-11-4-1-3-10(11)7-13-8-12(9-13)5-2-6-12/h10-11,14H,1-9H2. The van der Waals surface area contributed by atoms with E-state index in [1.807, 2.05) is 0 Å². The van der Waals surface area contributed by atoms with Gasteiger partial charge in [-0.2, -0.15) is 0 Å². The van der Waals surface area contributed by atoms with E-state index in [1.54, 1.807) is 0 Å². The highest BCUT2D eigenvalue weighted by molar-refractivity contribution is 5.01. The molecule has 0 radical (unpaired) electrons. The summed E-state index contributed by atoms with van der Waals surface area (Å²) in [6, 6.07) is 0. The Balaban J connectivity index is 1.46. The van der Waals surface area contributed by atoms with Gasteiger partial charge in [0, 0.05) is 19.6 Å². The van der Waals surface area contributed by atoms with Crippen molar-refractivity contribution in [3.05, 3.63) is 0 Å². The van der Waals surface area contributed by atoms with E-state index in [2.05, 4.69) is 4.90 Å². The molecule has 0 aromatic rings. The summed E-state index contributed by atoms with van der Waals surface area (Å²) in [7, 11) is 0. The predicted octanol–water partition coefficient (Wildman–Crippen LogP) is 1.63. The van der Waals surface area contributed by atoms with Crippen molar-refractivity contribution in [1.82, 2.24) is 4.90 Å². The zero-order valence-electron chi connectivity index (χ0n) is 8.91. The topological polar surface area (TPSA) is 23.5 Å². The number of hydrogen-bond donors (Lipinski definition) is 1. The molecule has 1 aliphatic heterocycles. The van der Waals surface area contributed by atoms with Crippen LogP contribution in [0, 0.1) is 11.3 Å². The summed E-state index contributed by atoms with van der Waals surface area (Å²) in [4.78, 5) is 2.57. The SMILES string of the molecule is OC1CCCC1CN1CC2(CCC2)C1. The number of nitrogens with zero attached hydrogens (tertiary/aromatic N) is 1. The first-order valence-corrected chi connectivity index (χ1v) is 6.18. The second-order valence-electron chi connectivity index (χ2n) is 5.78. The van der Waals surface area contributed by atoms with E-state index in [1.165, 1.54) is 51.7 Å². The Kier molecular flexibility index (Phi) is 2.10. The molecule has 1 saturated heterocycles. The highest BCUT2D eigenvalue weighted by Gasteiger charge is 2.47. The quantitative estimate of drug-likeness (QED) is 0.724. The Morgan fingerprint density at radius 1 is 1.14 bits per heavy atom. The lowest BCUT2D eigenvalue weighted by atomic mass is 9.63. The first kappa shape index (κ1) is 9.17. The van der Waals surface area contributed by atoms with Gasteiger partial charge in [-0.15, -0.1) is 0 Å². The predicted molar refractivity (Wildman–Crippen MR) is 56.1 cm³/mol. The minimum atomic E-state index is 0.00735. The fraction of sp³-hybridized carbons (Fsp3) is 1.00. The van der Waals surface area contributed by atoms with Crippen molar-refractivity contribution in [2.24, 2.45) is 11.3 Å². The molecule has 80 valence electrons. The Bertz CT molecular complexity index is 216. The van der Waals surface area contributed by atoms with Gasteiger partial charge in [0.15, 0.2) is 0 Å². The fourth-order valence-corrected chi connectivity index (χ4v) is 3.59. The smallest absolute Gasteiger partial charge is 0.0580 e. The Labute approximate surface area is 86.3 Å². The lowest BCUT2D eigenvalue weighted by molar-refractivity contribution is -0.0727. The van der Waals surface area contributed by atoms with Crippen molar-refractivity contribution >= 4 is 0 Å². The molecule has 3 rings (SSSR count). The Morgan fingerprint density at radius 2 is 1.93 bits per heavy atom. The molecule has 2 nitrogen and oxygen atoms in total. The molecule has 1 heterocycles. The Hall–Kier alpha value is -0.0800. The molecule has 14 heavy (non-hydrogen) atoms. The van der Waals surface area contributed by atoms with Gasteiger partial charge in [-0.3, -0.25) is 0 Å². The van der Waals surface area contributed by atoms with E-state index < -0.39 is 0 Å². The van der Waals surface area contributed by atoms with Crippen molar-refractivity contribution in [2.45, 2.75) is 44.6 Å². The highest BCUT2D eigenvalue weighted by Crippen LogP contribution is 2.48. The van der Waals surface area contributed by atoms with Gasteiger partial charge in [-0.25, -0.2) is 0 Å². The zero-order chi connectivity index (χ0) is 9.60. The molecule has 2 atom stereocenters. The van der Waals surface area contributed by atoms with Crippen molar-refractivity contribution in [3.8, 4) is 0 Å². The van der Waals surface area contributed by atoms with Gasteiger partial charge in [0.1, 0.15) is 0 Å². The van der Waals surface area contributed by atoms with Crippen LogP contribution in [-0.2, 0) is 0 Å². The second kappa shape index (κ2) is 3.21. The second-order valence-corrected chi connectivity index (χ2v) is 5.78. The van der Waals surface area contributed by atoms with Crippen LogP contribution in [-0.4, -0.2) is 35.7 Å². The van der Waals surface area contributed by atoms with Crippen LogP contribution in [0.4, 0.5) is 0 Å². The van der Waals surface area contributed by atoms with E-state index in [-0.39, 0.29) is 6.10 Å². The van der Waals surface area contributed by atoms with Crippen molar-refractivity contribution in [1.29, 1.82) is 0 Å². The molecule has 0 aromatic carbocycles. The van der Waals surface area contributed by atoms with Gasteiger partial charge in [-0.05, 0) is 37.0 Å².